The number of carbonyl (C=O) groups is 2. The van der Waals surface area contributed by atoms with Crippen LogP contribution in [0.2, 0.25) is 0 Å². The smallest absolute Gasteiger partial charge is 0.406 e. The van der Waals surface area contributed by atoms with Gasteiger partial charge in [0.05, 0.1) is 5.56 Å². The minimum atomic E-state index is -4.39. The number of aryl methyl sites for hydroxylation is 1. The van der Waals surface area contributed by atoms with Crippen LogP contribution in [0, 0.1) is 13.8 Å². The first-order chi connectivity index (χ1) is 9.03. The number of primary amides is 1. The Morgan fingerprint density at radius 1 is 1.40 bits per heavy atom. The van der Waals surface area contributed by atoms with Crippen molar-refractivity contribution in [2.75, 3.05) is 0 Å². The first kappa shape index (κ1) is 16.1. The second-order valence-corrected chi connectivity index (χ2v) is 4.44. The van der Waals surface area contributed by atoms with E-state index in [0.717, 1.165) is 4.57 Å². The third-order valence-electron chi connectivity index (χ3n) is 2.82. The van der Waals surface area contributed by atoms with Gasteiger partial charge in [-0.05, 0) is 26.8 Å². The van der Waals surface area contributed by atoms with Crippen LogP contribution in [-0.2, 0) is 16.1 Å². The number of aromatic nitrogens is 1. The average Bonchev–Trinajstić information content (AvgIpc) is 2.55. The van der Waals surface area contributed by atoms with E-state index < -0.39 is 30.7 Å². The molecule has 0 bridgehead atoms. The number of carbonyl (C=O) groups excluding carboxylic acids is 2. The van der Waals surface area contributed by atoms with Crippen molar-refractivity contribution in [1.29, 1.82) is 0 Å². The maximum absolute atomic E-state index is 12.4. The Hall–Kier alpha value is -1.99. The fraction of sp³-hybridized carbons (Fsp3) is 0.500. The molecule has 0 saturated carbocycles. The fourth-order valence-electron chi connectivity index (χ4n) is 1.71. The van der Waals surface area contributed by atoms with Gasteiger partial charge >= 0.3 is 12.1 Å². The van der Waals surface area contributed by atoms with Crippen molar-refractivity contribution >= 4 is 11.9 Å². The Kier molecular flexibility index (Phi) is 4.46. The molecule has 1 heterocycles. The molecule has 1 aromatic rings. The molecule has 0 radical (unpaired) electrons. The summed E-state index contributed by atoms with van der Waals surface area (Å²) in [5.74, 6) is -1.71. The molecular formula is C12H15F3N2O3. The zero-order chi connectivity index (χ0) is 15.7. The van der Waals surface area contributed by atoms with Gasteiger partial charge in [0, 0.05) is 11.4 Å². The van der Waals surface area contributed by atoms with Crippen LogP contribution in [0.25, 0.3) is 0 Å². The summed E-state index contributed by atoms with van der Waals surface area (Å²) in [5, 5.41) is 0. The Bertz CT molecular complexity index is 535. The Balaban J connectivity index is 3.01. The van der Waals surface area contributed by atoms with Gasteiger partial charge < -0.3 is 15.0 Å². The van der Waals surface area contributed by atoms with Crippen molar-refractivity contribution in [1.82, 2.24) is 4.57 Å². The molecule has 1 aromatic heterocycles. The standard InChI is InChI=1S/C12H15F3N2O3/c1-6-4-9(11(19)20-8(3)10(16)18)7(2)17(6)5-12(13,14)15/h4,8H,5H2,1-3H3,(H2,16,18). The minimum absolute atomic E-state index is 0.0140. The van der Waals surface area contributed by atoms with Gasteiger partial charge in [-0.3, -0.25) is 4.79 Å². The Morgan fingerprint density at radius 3 is 2.40 bits per heavy atom. The quantitative estimate of drug-likeness (QED) is 0.858. The number of nitrogens with zero attached hydrogens (tertiary/aromatic N) is 1. The second kappa shape index (κ2) is 5.56. The molecule has 5 nitrogen and oxygen atoms in total. The van der Waals surface area contributed by atoms with E-state index in [1.807, 2.05) is 0 Å². The molecule has 0 aliphatic carbocycles. The molecule has 8 heteroatoms. The van der Waals surface area contributed by atoms with E-state index in [-0.39, 0.29) is 17.0 Å². The number of hydrogen-bond donors (Lipinski definition) is 1. The van der Waals surface area contributed by atoms with Gasteiger partial charge in [0.2, 0.25) is 0 Å². The molecule has 0 spiro atoms. The number of nitrogens with two attached hydrogens (primary N) is 1. The molecule has 0 fully saturated rings. The van der Waals surface area contributed by atoms with Gasteiger partial charge in [-0.1, -0.05) is 0 Å². The summed E-state index contributed by atoms with van der Waals surface area (Å²) in [7, 11) is 0. The highest BCUT2D eigenvalue weighted by atomic mass is 19.4. The molecule has 0 aliphatic rings. The lowest BCUT2D eigenvalue weighted by molar-refractivity contribution is -0.141. The summed E-state index contributed by atoms with van der Waals surface area (Å²) in [4.78, 5) is 22.6. The summed E-state index contributed by atoms with van der Waals surface area (Å²) in [6.07, 6.45) is -5.54. The maximum atomic E-state index is 12.4. The van der Waals surface area contributed by atoms with Crippen molar-refractivity contribution in [2.24, 2.45) is 5.73 Å². The SMILES string of the molecule is Cc1cc(C(=O)OC(C)C(N)=O)c(C)n1CC(F)(F)F. The number of hydrogen-bond acceptors (Lipinski definition) is 3. The molecule has 1 unspecified atom stereocenters. The van der Waals surface area contributed by atoms with Crippen LogP contribution in [0.15, 0.2) is 6.07 Å². The largest absolute Gasteiger partial charge is 0.449 e. The summed E-state index contributed by atoms with van der Waals surface area (Å²) in [6.45, 7) is 2.93. The number of alkyl halides is 3. The molecule has 1 atom stereocenters. The molecule has 1 rings (SSSR count). The lowest BCUT2D eigenvalue weighted by Crippen LogP contribution is -2.30. The molecule has 0 aromatic carbocycles. The highest BCUT2D eigenvalue weighted by Gasteiger charge is 2.30. The third kappa shape index (κ3) is 3.75. The second-order valence-electron chi connectivity index (χ2n) is 4.44. The molecule has 2 N–H and O–H groups in total. The molecule has 20 heavy (non-hydrogen) atoms. The third-order valence-corrected chi connectivity index (χ3v) is 2.82. The van der Waals surface area contributed by atoms with E-state index in [9.17, 15) is 22.8 Å². The molecule has 0 saturated heterocycles. The summed E-state index contributed by atoms with van der Waals surface area (Å²) in [6, 6.07) is 1.29. The van der Waals surface area contributed by atoms with Crippen LogP contribution >= 0.6 is 0 Å². The van der Waals surface area contributed by atoms with E-state index in [2.05, 4.69) is 0 Å². The Morgan fingerprint density at radius 2 is 1.95 bits per heavy atom. The van der Waals surface area contributed by atoms with Crippen LogP contribution in [0.3, 0.4) is 0 Å². The van der Waals surface area contributed by atoms with E-state index in [4.69, 9.17) is 10.5 Å². The number of amides is 1. The first-order valence-corrected chi connectivity index (χ1v) is 5.76. The van der Waals surface area contributed by atoms with Crippen molar-refractivity contribution < 1.29 is 27.5 Å². The fourth-order valence-corrected chi connectivity index (χ4v) is 1.71. The number of ether oxygens (including phenoxy) is 1. The maximum Gasteiger partial charge on any atom is 0.406 e. The van der Waals surface area contributed by atoms with Gasteiger partial charge in [-0.15, -0.1) is 0 Å². The molecule has 112 valence electrons. The van der Waals surface area contributed by atoms with Gasteiger partial charge in [0.25, 0.3) is 5.91 Å². The average molecular weight is 292 g/mol. The lowest BCUT2D eigenvalue weighted by Gasteiger charge is -2.13. The van der Waals surface area contributed by atoms with Crippen molar-refractivity contribution in [3.05, 3.63) is 23.0 Å². The van der Waals surface area contributed by atoms with Crippen LogP contribution < -0.4 is 5.73 Å². The summed E-state index contributed by atoms with van der Waals surface area (Å²) >= 11 is 0. The van der Waals surface area contributed by atoms with Crippen molar-refractivity contribution in [2.45, 2.75) is 39.6 Å². The van der Waals surface area contributed by atoms with Gasteiger partial charge in [-0.25, -0.2) is 4.79 Å². The van der Waals surface area contributed by atoms with E-state index in [1.54, 1.807) is 0 Å². The minimum Gasteiger partial charge on any atom is -0.449 e. The van der Waals surface area contributed by atoms with Gasteiger partial charge in [0.1, 0.15) is 6.54 Å². The van der Waals surface area contributed by atoms with Gasteiger partial charge in [0.15, 0.2) is 6.10 Å². The topological polar surface area (TPSA) is 74.3 Å². The van der Waals surface area contributed by atoms with E-state index in [0.29, 0.717) is 0 Å². The van der Waals surface area contributed by atoms with Crippen LogP contribution in [0.5, 0.6) is 0 Å². The van der Waals surface area contributed by atoms with Crippen LogP contribution in [0.1, 0.15) is 28.7 Å². The zero-order valence-electron chi connectivity index (χ0n) is 11.2. The monoisotopic (exact) mass is 292 g/mol. The summed E-state index contributed by atoms with van der Waals surface area (Å²) in [5.41, 5.74) is 5.34. The number of halogens is 3. The number of rotatable bonds is 4. The zero-order valence-corrected chi connectivity index (χ0v) is 11.2. The molecule has 0 aliphatic heterocycles. The van der Waals surface area contributed by atoms with Crippen LogP contribution in [0.4, 0.5) is 13.2 Å². The van der Waals surface area contributed by atoms with Crippen LogP contribution in [-0.4, -0.2) is 28.7 Å². The number of esters is 1. The van der Waals surface area contributed by atoms with E-state index >= 15 is 0 Å². The predicted octanol–water partition coefficient (Wildman–Crippen LogP) is 1.70. The first-order valence-electron chi connectivity index (χ1n) is 5.76. The lowest BCUT2D eigenvalue weighted by atomic mass is 10.2. The molecular weight excluding hydrogens is 277 g/mol. The summed E-state index contributed by atoms with van der Waals surface area (Å²) < 4.78 is 43.0. The molecule has 1 amide bonds. The van der Waals surface area contributed by atoms with Gasteiger partial charge in [-0.2, -0.15) is 13.2 Å². The van der Waals surface area contributed by atoms with Crippen molar-refractivity contribution in [3.63, 3.8) is 0 Å². The highest BCUT2D eigenvalue weighted by molar-refractivity contribution is 5.93. The Labute approximate surface area is 113 Å². The van der Waals surface area contributed by atoms with Crippen molar-refractivity contribution in [3.8, 4) is 0 Å². The highest BCUT2D eigenvalue weighted by Crippen LogP contribution is 2.23. The van der Waals surface area contributed by atoms with E-state index in [1.165, 1.54) is 26.8 Å². The normalized spacial score (nSPS) is 13.1. The predicted molar refractivity (Wildman–Crippen MR) is 64.0 cm³/mol.